The van der Waals surface area contributed by atoms with Gasteiger partial charge < -0.3 is 15.0 Å². The molecule has 9 heteroatoms. The molecule has 0 saturated carbocycles. The lowest BCUT2D eigenvalue weighted by Gasteiger charge is -2.10. The first kappa shape index (κ1) is 20.2. The van der Waals surface area contributed by atoms with E-state index in [0.29, 0.717) is 30.5 Å². The molecule has 3 rings (SSSR count). The Hall–Kier alpha value is -2.55. The lowest BCUT2D eigenvalue weighted by atomic mass is 10.1. The molecule has 146 valence electrons. The van der Waals surface area contributed by atoms with Crippen molar-refractivity contribution in [3.05, 3.63) is 67.9 Å². The number of fused-ring (bicyclic) bond motifs is 1. The van der Waals surface area contributed by atoms with Crippen LogP contribution in [0.4, 0.5) is 10.1 Å². The molecule has 1 amide bonds. The van der Waals surface area contributed by atoms with E-state index >= 15 is 0 Å². The van der Waals surface area contributed by atoms with Crippen LogP contribution in [0.15, 0.2) is 41.2 Å². The van der Waals surface area contributed by atoms with Gasteiger partial charge in [0.05, 0.1) is 16.6 Å². The number of rotatable bonds is 6. The van der Waals surface area contributed by atoms with E-state index in [1.807, 2.05) is 0 Å². The van der Waals surface area contributed by atoms with Gasteiger partial charge in [-0.1, -0.05) is 11.6 Å². The third-order valence-corrected chi connectivity index (χ3v) is 4.71. The molecular formula is C19H17ClFN3O3S. The first-order valence-corrected chi connectivity index (χ1v) is 9.21. The number of ether oxygens (including phenoxy) is 1. The van der Waals surface area contributed by atoms with Crippen LogP contribution in [-0.4, -0.2) is 29.2 Å². The number of aromatic nitrogens is 2. The zero-order chi connectivity index (χ0) is 20.3. The number of carbonyl (C=O) groups excluding carboxylic acids is 1. The monoisotopic (exact) mass is 421 g/mol. The Morgan fingerprint density at radius 2 is 2.11 bits per heavy atom. The lowest BCUT2D eigenvalue weighted by molar-refractivity contribution is 0.102. The zero-order valence-corrected chi connectivity index (χ0v) is 16.5. The summed E-state index contributed by atoms with van der Waals surface area (Å²) in [5.74, 6) is -1.16. The van der Waals surface area contributed by atoms with Crippen molar-refractivity contribution < 1.29 is 13.9 Å². The third-order valence-electron chi connectivity index (χ3n) is 4.15. The second-order valence-corrected chi connectivity index (χ2v) is 6.90. The summed E-state index contributed by atoms with van der Waals surface area (Å²) in [4.78, 5) is 28.1. The molecule has 0 aliphatic heterocycles. The van der Waals surface area contributed by atoms with Crippen LogP contribution in [0.25, 0.3) is 10.9 Å². The number of methoxy groups -OCH3 is 1. The highest BCUT2D eigenvalue weighted by atomic mass is 35.5. The second kappa shape index (κ2) is 8.64. The molecule has 0 saturated heterocycles. The Morgan fingerprint density at radius 3 is 2.82 bits per heavy atom. The predicted molar refractivity (Wildman–Crippen MR) is 109 cm³/mol. The topological polar surface area (TPSA) is 76.1 Å². The quantitative estimate of drug-likeness (QED) is 0.463. The number of halogens is 2. The van der Waals surface area contributed by atoms with Crippen molar-refractivity contribution in [1.29, 1.82) is 0 Å². The van der Waals surface area contributed by atoms with Gasteiger partial charge in [-0.25, -0.2) is 4.39 Å². The molecule has 0 unspecified atom stereocenters. The summed E-state index contributed by atoms with van der Waals surface area (Å²) in [7, 11) is 1.59. The molecule has 2 N–H and O–H groups in total. The highest BCUT2D eigenvalue weighted by Crippen LogP contribution is 2.20. The number of hydrogen-bond acceptors (Lipinski definition) is 4. The number of benzene rings is 2. The van der Waals surface area contributed by atoms with E-state index in [-0.39, 0.29) is 26.6 Å². The van der Waals surface area contributed by atoms with Gasteiger partial charge in [-0.2, -0.15) is 0 Å². The van der Waals surface area contributed by atoms with Gasteiger partial charge >= 0.3 is 0 Å². The smallest absolute Gasteiger partial charge is 0.262 e. The van der Waals surface area contributed by atoms with E-state index in [0.717, 1.165) is 6.07 Å². The van der Waals surface area contributed by atoms with Crippen molar-refractivity contribution in [1.82, 2.24) is 9.55 Å². The maximum atomic E-state index is 13.9. The van der Waals surface area contributed by atoms with Crippen LogP contribution >= 0.6 is 23.8 Å². The third kappa shape index (κ3) is 4.30. The van der Waals surface area contributed by atoms with Gasteiger partial charge in [0, 0.05) is 30.8 Å². The summed E-state index contributed by atoms with van der Waals surface area (Å²) < 4.78 is 20.6. The highest BCUT2D eigenvalue weighted by Gasteiger charge is 2.12. The fourth-order valence-corrected chi connectivity index (χ4v) is 3.19. The van der Waals surface area contributed by atoms with Gasteiger partial charge in [0.15, 0.2) is 4.77 Å². The Labute approximate surface area is 169 Å². The Bertz CT molecular complexity index is 1160. The highest BCUT2D eigenvalue weighted by molar-refractivity contribution is 7.71. The first-order chi connectivity index (χ1) is 13.4. The molecule has 0 fully saturated rings. The van der Waals surface area contributed by atoms with Gasteiger partial charge in [-0.15, -0.1) is 0 Å². The van der Waals surface area contributed by atoms with Gasteiger partial charge in [-0.3, -0.25) is 14.2 Å². The van der Waals surface area contributed by atoms with Gasteiger partial charge in [0.2, 0.25) is 0 Å². The number of aromatic amines is 1. The summed E-state index contributed by atoms with van der Waals surface area (Å²) in [6.45, 7) is 0.940. The van der Waals surface area contributed by atoms with Crippen LogP contribution in [-0.2, 0) is 11.3 Å². The molecule has 0 bridgehead atoms. The summed E-state index contributed by atoms with van der Waals surface area (Å²) in [6.07, 6.45) is 0.645. The molecule has 0 radical (unpaired) electrons. The van der Waals surface area contributed by atoms with E-state index in [9.17, 15) is 14.0 Å². The van der Waals surface area contributed by atoms with Gasteiger partial charge in [0.25, 0.3) is 11.5 Å². The maximum absolute atomic E-state index is 13.9. The normalized spacial score (nSPS) is 11.0. The Kier molecular flexibility index (Phi) is 6.23. The van der Waals surface area contributed by atoms with Crippen molar-refractivity contribution in [2.75, 3.05) is 19.0 Å². The molecule has 6 nitrogen and oxygen atoms in total. The van der Waals surface area contributed by atoms with Gasteiger partial charge in [-0.05, 0) is 55.0 Å². The Morgan fingerprint density at radius 1 is 1.32 bits per heavy atom. The second-order valence-electron chi connectivity index (χ2n) is 6.07. The van der Waals surface area contributed by atoms with Crippen LogP contribution in [0.2, 0.25) is 5.02 Å². The standard InChI is InChI=1S/C19H17ClFN3O3S/c1-27-8-2-7-24-18(26)13-5-3-11(9-16(13)23-19(24)28)17(25)22-15-6-4-12(20)10-14(15)21/h3-6,9-10H,2,7-8H2,1H3,(H,22,25)(H,23,28). The number of anilines is 1. The van der Waals surface area contributed by atoms with Crippen LogP contribution < -0.4 is 10.9 Å². The average Bonchev–Trinajstić information content (AvgIpc) is 2.66. The zero-order valence-electron chi connectivity index (χ0n) is 14.9. The van der Waals surface area contributed by atoms with E-state index in [4.69, 9.17) is 28.6 Å². The largest absolute Gasteiger partial charge is 0.385 e. The molecule has 1 aromatic heterocycles. The molecule has 28 heavy (non-hydrogen) atoms. The molecule has 2 aromatic carbocycles. The summed E-state index contributed by atoms with van der Waals surface area (Å²) >= 11 is 11.0. The molecule has 1 heterocycles. The molecule has 0 atom stereocenters. The summed E-state index contributed by atoms with van der Waals surface area (Å²) in [5.41, 5.74) is 0.452. The average molecular weight is 422 g/mol. The van der Waals surface area contributed by atoms with Gasteiger partial charge in [0.1, 0.15) is 5.82 Å². The fourth-order valence-electron chi connectivity index (χ4n) is 2.75. The number of nitrogens with one attached hydrogen (secondary N) is 2. The minimum absolute atomic E-state index is 0.0102. The van der Waals surface area contributed by atoms with Crippen molar-refractivity contribution in [3.8, 4) is 0 Å². The van der Waals surface area contributed by atoms with Crippen molar-refractivity contribution in [2.45, 2.75) is 13.0 Å². The van der Waals surface area contributed by atoms with E-state index in [2.05, 4.69) is 10.3 Å². The van der Waals surface area contributed by atoms with Crippen LogP contribution in [0.3, 0.4) is 0 Å². The predicted octanol–water partition coefficient (Wildman–Crippen LogP) is 4.14. The number of H-pyrrole nitrogens is 1. The molecule has 3 aromatic rings. The fraction of sp³-hybridized carbons (Fsp3) is 0.211. The number of amides is 1. The first-order valence-electron chi connectivity index (χ1n) is 8.43. The van der Waals surface area contributed by atoms with E-state index in [1.165, 1.54) is 28.8 Å². The molecule has 0 aliphatic rings. The van der Waals surface area contributed by atoms with Crippen molar-refractivity contribution in [2.24, 2.45) is 0 Å². The minimum Gasteiger partial charge on any atom is -0.385 e. The number of carbonyl (C=O) groups is 1. The molecule has 0 spiro atoms. The summed E-state index contributed by atoms with van der Waals surface area (Å²) in [5, 5.41) is 3.12. The molecular weight excluding hydrogens is 405 g/mol. The Balaban J connectivity index is 1.91. The van der Waals surface area contributed by atoms with Crippen LogP contribution in [0.5, 0.6) is 0 Å². The van der Waals surface area contributed by atoms with E-state index in [1.54, 1.807) is 13.2 Å². The van der Waals surface area contributed by atoms with Crippen LogP contribution in [0.1, 0.15) is 16.8 Å². The minimum atomic E-state index is -0.639. The lowest BCUT2D eigenvalue weighted by Crippen LogP contribution is -2.23. The van der Waals surface area contributed by atoms with Crippen molar-refractivity contribution in [3.63, 3.8) is 0 Å². The van der Waals surface area contributed by atoms with E-state index < -0.39 is 11.7 Å². The maximum Gasteiger partial charge on any atom is 0.262 e. The summed E-state index contributed by atoms with van der Waals surface area (Å²) in [6, 6.07) is 8.52. The van der Waals surface area contributed by atoms with Crippen molar-refractivity contribution >= 4 is 46.3 Å². The number of hydrogen-bond donors (Lipinski definition) is 2. The van der Waals surface area contributed by atoms with Crippen LogP contribution in [0, 0.1) is 10.6 Å². The molecule has 0 aliphatic carbocycles. The SMILES string of the molecule is COCCCn1c(=S)[nH]c2cc(C(=O)Nc3ccc(Cl)cc3F)ccc2c1=O. The number of nitrogens with zero attached hydrogens (tertiary/aromatic N) is 1.